The minimum Gasteiger partial charge on any atom is -0.380 e. The number of nitrogens with two attached hydrogens (primary N) is 1. The number of amides is 1. The number of carbonyl (C=O) groups is 1. The van der Waals surface area contributed by atoms with Gasteiger partial charge in [0.05, 0.1) is 6.61 Å². The molecule has 0 aliphatic heterocycles. The van der Waals surface area contributed by atoms with Crippen molar-refractivity contribution in [1.29, 1.82) is 0 Å². The van der Waals surface area contributed by atoms with E-state index in [1.807, 2.05) is 6.92 Å². The number of hydrogen-bond donors (Lipinski definition) is 2. The fourth-order valence-corrected chi connectivity index (χ4v) is 0.672. The molecule has 0 saturated heterocycles. The van der Waals surface area contributed by atoms with Gasteiger partial charge in [-0.1, -0.05) is 6.92 Å². The summed E-state index contributed by atoms with van der Waals surface area (Å²) in [5.74, 6) is -0.108. The van der Waals surface area contributed by atoms with Gasteiger partial charge < -0.3 is 15.8 Å². The highest BCUT2D eigenvalue weighted by atomic mass is 16.5. The van der Waals surface area contributed by atoms with Gasteiger partial charge in [-0.25, -0.2) is 0 Å². The molecule has 0 aliphatic rings. The fourth-order valence-electron chi connectivity index (χ4n) is 0.672. The lowest BCUT2D eigenvalue weighted by molar-refractivity contribution is -0.124. The first-order valence-corrected chi connectivity index (χ1v) is 4.27. The zero-order valence-electron chi connectivity index (χ0n) is 7.80. The molecule has 1 atom stereocenters. The van der Waals surface area contributed by atoms with E-state index < -0.39 is 0 Å². The number of nitrogens with one attached hydrogen (secondary N) is 1. The average Bonchev–Trinajstić information content (AvgIpc) is 2.10. The van der Waals surface area contributed by atoms with Gasteiger partial charge in [0.1, 0.15) is 0 Å². The summed E-state index contributed by atoms with van der Waals surface area (Å²) in [6.45, 7) is 5.93. The Kier molecular flexibility index (Phi) is 6.70. The predicted molar refractivity (Wildman–Crippen MR) is 47.7 cm³/mol. The Labute approximate surface area is 73.5 Å². The van der Waals surface area contributed by atoms with Crippen LogP contribution >= 0.6 is 0 Å². The summed E-state index contributed by atoms with van der Waals surface area (Å²) in [6, 6.07) is 0. The second kappa shape index (κ2) is 7.06. The van der Waals surface area contributed by atoms with E-state index in [-0.39, 0.29) is 11.8 Å². The van der Waals surface area contributed by atoms with Crippen LogP contribution in [-0.4, -0.2) is 32.2 Å². The number of ether oxygens (including phenoxy) is 1. The molecule has 0 aromatic carbocycles. The Morgan fingerprint density at radius 2 is 2.33 bits per heavy atom. The predicted octanol–water partition coefficient (Wildman–Crippen LogP) is -0.266. The van der Waals surface area contributed by atoms with Gasteiger partial charge in [-0.05, 0) is 6.92 Å². The molecule has 1 amide bonds. The van der Waals surface area contributed by atoms with Gasteiger partial charge in [-0.15, -0.1) is 0 Å². The molecule has 3 N–H and O–H groups in total. The van der Waals surface area contributed by atoms with Gasteiger partial charge >= 0.3 is 0 Å². The van der Waals surface area contributed by atoms with Crippen LogP contribution in [0.15, 0.2) is 0 Å². The SMILES string of the molecule is CCOCCNC(=O)C(C)CN. The second-order valence-electron chi connectivity index (χ2n) is 2.62. The molecule has 0 aliphatic carbocycles. The van der Waals surface area contributed by atoms with Crippen LogP contribution in [0.25, 0.3) is 0 Å². The third-order valence-corrected chi connectivity index (χ3v) is 1.55. The van der Waals surface area contributed by atoms with Crippen molar-refractivity contribution in [2.24, 2.45) is 11.7 Å². The van der Waals surface area contributed by atoms with E-state index in [0.717, 1.165) is 0 Å². The zero-order chi connectivity index (χ0) is 9.40. The van der Waals surface area contributed by atoms with E-state index in [4.69, 9.17) is 10.5 Å². The Morgan fingerprint density at radius 1 is 1.67 bits per heavy atom. The van der Waals surface area contributed by atoms with Crippen LogP contribution in [0, 0.1) is 5.92 Å². The Bertz CT molecular complexity index is 128. The average molecular weight is 174 g/mol. The first-order chi connectivity index (χ1) is 5.72. The van der Waals surface area contributed by atoms with Crippen LogP contribution in [0.5, 0.6) is 0 Å². The van der Waals surface area contributed by atoms with Crippen molar-refractivity contribution in [3.63, 3.8) is 0 Å². The van der Waals surface area contributed by atoms with Crippen LogP contribution < -0.4 is 11.1 Å². The number of rotatable bonds is 6. The highest BCUT2D eigenvalue weighted by Crippen LogP contribution is 1.89. The third-order valence-electron chi connectivity index (χ3n) is 1.55. The maximum absolute atomic E-state index is 11.1. The molecule has 1 unspecified atom stereocenters. The molecule has 0 bridgehead atoms. The third kappa shape index (κ3) is 5.09. The molecular formula is C8H18N2O2. The van der Waals surface area contributed by atoms with E-state index in [1.165, 1.54) is 0 Å². The van der Waals surface area contributed by atoms with E-state index in [9.17, 15) is 4.79 Å². The normalized spacial score (nSPS) is 12.6. The van der Waals surface area contributed by atoms with Crippen LogP contribution in [0.2, 0.25) is 0 Å². The molecule has 72 valence electrons. The largest absolute Gasteiger partial charge is 0.380 e. The molecule has 4 heteroatoms. The molecule has 0 aromatic heterocycles. The standard InChI is InChI=1S/C8H18N2O2/c1-3-12-5-4-10-8(11)7(2)6-9/h7H,3-6,9H2,1-2H3,(H,10,11). The van der Waals surface area contributed by atoms with Crippen molar-refractivity contribution < 1.29 is 9.53 Å². The van der Waals surface area contributed by atoms with Gasteiger partial charge in [0, 0.05) is 25.6 Å². The maximum atomic E-state index is 11.1. The molecule has 0 heterocycles. The highest BCUT2D eigenvalue weighted by Gasteiger charge is 2.08. The van der Waals surface area contributed by atoms with E-state index in [2.05, 4.69) is 5.32 Å². The van der Waals surface area contributed by atoms with Crippen LogP contribution in [0.1, 0.15) is 13.8 Å². The van der Waals surface area contributed by atoms with Crippen LogP contribution in [-0.2, 0) is 9.53 Å². The van der Waals surface area contributed by atoms with Crippen molar-refractivity contribution in [3.8, 4) is 0 Å². The summed E-state index contributed by atoms with van der Waals surface area (Å²) in [5, 5.41) is 2.72. The Balaban J connectivity index is 3.31. The van der Waals surface area contributed by atoms with Crippen LogP contribution in [0.4, 0.5) is 0 Å². The maximum Gasteiger partial charge on any atom is 0.224 e. The number of carbonyl (C=O) groups excluding carboxylic acids is 1. The quantitative estimate of drug-likeness (QED) is 0.545. The van der Waals surface area contributed by atoms with Crippen molar-refractivity contribution in [2.45, 2.75) is 13.8 Å². The molecule has 0 fully saturated rings. The minimum atomic E-state index is -0.105. The minimum absolute atomic E-state index is 0.00259. The molecule has 12 heavy (non-hydrogen) atoms. The molecule has 0 aromatic rings. The topological polar surface area (TPSA) is 64.3 Å². The highest BCUT2D eigenvalue weighted by molar-refractivity contribution is 5.78. The molecule has 0 spiro atoms. The second-order valence-corrected chi connectivity index (χ2v) is 2.62. The summed E-state index contributed by atoms with van der Waals surface area (Å²) in [6.07, 6.45) is 0. The summed E-state index contributed by atoms with van der Waals surface area (Å²) in [4.78, 5) is 11.1. The monoisotopic (exact) mass is 174 g/mol. The van der Waals surface area contributed by atoms with E-state index >= 15 is 0 Å². The van der Waals surface area contributed by atoms with E-state index in [1.54, 1.807) is 6.92 Å². The van der Waals surface area contributed by atoms with Gasteiger partial charge in [0.2, 0.25) is 5.91 Å². The lowest BCUT2D eigenvalue weighted by atomic mass is 10.2. The Morgan fingerprint density at radius 3 is 2.83 bits per heavy atom. The molecular weight excluding hydrogens is 156 g/mol. The summed E-state index contributed by atoms with van der Waals surface area (Å²) in [7, 11) is 0. The zero-order valence-corrected chi connectivity index (χ0v) is 7.80. The first kappa shape index (κ1) is 11.4. The van der Waals surface area contributed by atoms with Gasteiger partial charge in [-0.2, -0.15) is 0 Å². The van der Waals surface area contributed by atoms with Gasteiger partial charge in [-0.3, -0.25) is 4.79 Å². The van der Waals surface area contributed by atoms with E-state index in [0.29, 0.717) is 26.3 Å². The fraction of sp³-hybridized carbons (Fsp3) is 0.875. The van der Waals surface area contributed by atoms with Gasteiger partial charge in [0.15, 0.2) is 0 Å². The summed E-state index contributed by atoms with van der Waals surface area (Å²) in [5.41, 5.74) is 5.31. The molecule has 0 saturated carbocycles. The lowest BCUT2D eigenvalue weighted by Crippen LogP contribution is -2.35. The van der Waals surface area contributed by atoms with Crippen molar-refractivity contribution in [3.05, 3.63) is 0 Å². The first-order valence-electron chi connectivity index (χ1n) is 4.27. The smallest absolute Gasteiger partial charge is 0.224 e. The summed E-state index contributed by atoms with van der Waals surface area (Å²) < 4.78 is 5.05. The van der Waals surface area contributed by atoms with Crippen LogP contribution in [0.3, 0.4) is 0 Å². The van der Waals surface area contributed by atoms with Gasteiger partial charge in [0.25, 0.3) is 0 Å². The van der Waals surface area contributed by atoms with Crippen molar-refractivity contribution in [2.75, 3.05) is 26.3 Å². The lowest BCUT2D eigenvalue weighted by Gasteiger charge is -2.09. The Hall–Kier alpha value is -0.610. The molecule has 0 radical (unpaired) electrons. The molecule has 0 rings (SSSR count). The molecule has 4 nitrogen and oxygen atoms in total. The number of hydrogen-bond acceptors (Lipinski definition) is 3. The van der Waals surface area contributed by atoms with Crippen molar-refractivity contribution in [1.82, 2.24) is 5.32 Å². The summed E-state index contributed by atoms with van der Waals surface area (Å²) >= 11 is 0. The van der Waals surface area contributed by atoms with Crippen molar-refractivity contribution >= 4 is 5.91 Å².